The second kappa shape index (κ2) is 9.53. The fraction of sp³-hybridized carbons (Fsp3) is 0.346. The minimum absolute atomic E-state index is 0.00655. The molecule has 0 atom stereocenters. The number of halogens is 2. The first kappa shape index (κ1) is 23.7. The van der Waals surface area contributed by atoms with E-state index >= 15 is 0 Å². The molecule has 0 aliphatic carbocycles. The third-order valence-corrected chi connectivity index (χ3v) is 10.3. The molecule has 5 rings (SSSR count). The Hall–Kier alpha value is -2.07. The summed E-state index contributed by atoms with van der Waals surface area (Å²) in [6.07, 6.45) is 3.15. The number of piperidine rings is 1. The van der Waals surface area contributed by atoms with Crippen molar-refractivity contribution < 1.29 is 4.79 Å². The molecule has 3 aliphatic heterocycles. The Morgan fingerprint density at radius 3 is 2.62 bits per heavy atom. The third kappa shape index (κ3) is 4.12. The van der Waals surface area contributed by atoms with Crippen LogP contribution in [0.5, 0.6) is 0 Å². The van der Waals surface area contributed by atoms with Gasteiger partial charge in [-0.25, -0.2) is 10.4 Å². The van der Waals surface area contributed by atoms with Crippen molar-refractivity contribution in [3.63, 3.8) is 0 Å². The fourth-order valence-electron chi connectivity index (χ4n) is 5.03. The SMILES string of the molecule is C=CC(=O)N1CCC(n2nc(-c3ccccc3)c(C3=C4CN(C)NC4=IC(C)=C3Cl)c2C)CC1. The number of nitrogens with one attached hydrogen (secondary N) is 1. The minimum atomic E-state index is -0.292. The zero-order valence-electron chi connectivity index (χ0n) is 19.7. The molecule has 34 heavy (non-hydrogen) atoms. The van der Waals surface area contributed by atoms with Crippen molar-refractivity contribution in [1.29, 1.82) is 0 Å². The van der Waals surface area contributed by atoms with Crippen molar-refractivity contribution >= 4 is 47.4 Å². The topological polar surface area (TPSA) is 53.4 Å². The second-order valence-corrected chi connectivity index (χ2v) is 12.6. The summed E-state index contributed by atoms with van der Waals surface area (Å²) >= 11 is 6.79. The van der Waals surface area contributed by atoms with Gasteiger partial charge in [0.15, 0.2) is 0 Å². The van der Waals surface area contributed by atoms with Crippen molar-refractivity contribution in [3.8, 4) is 11.3 Å². The lowest BCUT2D eigenvalue weighted by Crippen LogP contribution is -2.38. The molecule has 2 fully saturated rings. The first-order valence-corrected chi connectivity index (χ1v) is 14.1. The maximum Gasteiger partial charge on any atom is 0.245 e. The number of carbonyl (C=O) groups is 1. The molecule has 0 unspecified atom stereocenters. The summed E-state index contributed by atoms with van der Waals surface area (Å²) in [6.45, 7) is 10.2. The number of nitrogens with zero attached hydrogens (tertiary/aromatic N) is 4. The lowest BCUT2D eigenvalue weighted by molar-refractivity contribution is -0.127. The van der Waals surface area contributed by atoms with Crippen LogP contribution in [0.3, 0.4) is 0 Å². The Balaban J connectivity index is 1.64. The number of likely N-dealkylation sites (N-methyl/N-ethyl adjacent to an activating group) is 1. The zero-order valence-corrected chi connectivity index (χ0v) is 22.7. The molecule has 0 bridgehead atoms. The van der Waals surface area contributed by atoms with Crippen LogP contribution in [0.4, 0.5) is 0 Å². The lowest BCUT2D eigenvalue weighted by atomic mass is 9.94. The van der Waals surface area contributed by atoms with E-state index in [0.717, 1.165) is 65.6 Å². The number of fused-ring (bicyclic) bond motifs is 1. The van der Waals surface area contributed by atoms with Gasteiger partial charge >= 0.3 is 0 Å². The normalized spacial score (nSPS) is 19.8. The van der Waals surface area contributed by atoms with Crippen molar-refractivity contribution in [2.24, 2.45) is 0 Å². The van der Waals surface area contributed by atoms with Gasteiger partial charge in [0.1, 0.15) is 5.69 Å². The second-order valence-electron chi connectivity index (χ2n) is 8.96. The van der Waals surface area contributed by atoms with Crippen LogP contribution in [0.1, 0.15) is 37.1 Å². The number of amides is 1. The van der Waals surface area contributed by atoms with Gasteiger partial charge in [-0.05, 0) is 32.8 Å². The van der Waals surface area contributed by atoms with Gasteiger partial charge in [0.05, 0.1) is 14.7 Å². The standard InChI is InChI=1S/C26H29ClIN5O/c1-5-21(34)32-13-11-19(12-14-32)33-17(3)22(25(29-33)18-9-7-6-8-10-18)23-20-15-31(4)30-26(20)28-16(2)24(23)27/h5-10,19,30H,1,11-15H2,2-4H3. The molecule has 0 radical (unpaired) electrons. The van der Waals surface area contributed by atoms with E-state index in [9.17, 15) is 4.79 Å². The molecular weight excluding hydrogens is 561 g/mol. The molecule has 2 aromatic rings. The molecule has 0 spiro atoms. The largest absolute Gasteiger partial charge is 0.339 e. The van der Waals surface area contributed by atoms with E-state index in [1.807, 2.05) is 11.0 Å². The first-order valence-electron chi connectivity index (χ1n) is 11.5. The number of aromatic nitrogens is 2. The molecule has 2 saturated heterocycles. The molecule has 8 heteroatoms. The van der Waals surface area contributed by atoms with Crippen LogP contribution in [-0.4, -0.2) is 55.9 Å². The highest BCUT2D eigenvalue weighted by Crippen LogP contribution is 2.46. The monoisotopic (exact) mass is 589 g/mol. The molecule has 1 aromatic heterocycles. The van der Waals surface area contributed by atoms with E-state index in [1.165, 1.54) is 18.9 Å². The Bertz CT molecular complexity index is 1250. The van der Waals surface area contributed by atoms with Gasteiger partial charge in [-0.1, -0.05) is 69.2 Å². The molecule has 178 valence electrons. The van der Waals surface area contributed by atoms with Gasteiger partial charge in [0.2, 0.25) is 5.91 Å². The highest BCUT2D eigenvalue weighted by atomic mass is 127. The first-order chi connectivity index (χ1) is 16.4. The van der Waals surface area contributed by atoms with E-state index in [-0.39, 0.29) is 32.7 Å². The predicted molar refractivity (Wildman–Crippen MR) is 148 cm³/mol. The van der Waals surface area contributed by atoms with Gasteiger partial charge in [-0.3, -0.25) is 9.48 Å². The van der Waals surface area contributed by atoms with E-state index in [2.05, 4.69) is 66.9 Å². The summed E-state index contributed by atoms with van der Waals surface area (Å²) in [6, 6.07) is 10.6. The van der Waals surface area contributed by atoms with Crippen LogP contribution < -0.4 is 5.43 Å². The lowest BCUT2D eigenvalue weighted by Gasteiger charge is -2.32. The van der Waals surface area contributed by atoms with Crippen LogP contribution in [-0.2, 0) is 4.79 Å². The quantitative estimate of drug-likeness (QED) is 0.403. The third-order valence-electron chi connectivity index (χ3n) is 6.75. The number of hydrogen-bond acceptors (Lipinski definition) is 4. The summed E-state index contributed by atoms with van der Waals surface area (Å²) in [4.78, 5) is 14.0. The van der Waals surface area contributed by atoms with Crippen molar-refractivity contribution in [3.05, 3.63) is 68.4 Å². The number of benzene rings is 1. The highest BCUT2D eigenvalue weighted by molar-refractivity contribution is 14.2. The van der Waals surface area contributed by atoms with Crippen LogP contribution >= 0.6 is 32.3 Å². The van der Waals surface area contributed by atoms with Crippen LogP contribution in [0.15, 0.2) is 57.2 Å². The average molecular weight is 590 g/mol. The Morgan fingerprint density at radius 1 is 1.24 bits per heavy atom. The van der Waals surface area contributed by atoms with Gasteiger partial charge < -0.3 is 4.90 Å². The number of hydrogen-bond donors (Lipinski definition) is 1. The molecule has 1 aromatic carbocycles. The fourth-order valence-corrected chi connectivity index (χ4v) is 8.09. The maximum absolute atomic E-state index is 12.1. The summed E-state index contributed by atoms with van der Waals surface area (Å²) in [5, 5.41) is 8.23. The Kier molecular flexibility index (Phi) is 6.63. The summed E-state index contributed by atoms with van der Waals surface area (Å²) in [5.41, 5.74) is 10.3. The molecular formula is C26H29ClIN5O. The van der Waals surface area contributed by atoms with Crippen molar-refractivity contribution in [1.82, 2.24) is 25.1 Å². The molecule has 3 aliphatic rings. The summed E-state index contributed by atoms with van der Waals surface area (Å²) < 4.78 is 4.80. The minimum Gasteiger partial charge on any atom is -0.339 e. The smallest absolute Gasteiger partial charge is 0.245 e. The van der Waals surface area contributed by atoms with Crippen LogP contribution in [0.2, 0.25) is 0 Å². The Labute approximate surface area is 215 Å². The predicted octanol–water partition coefficient (Wildman–Crippen LogP) is 5.00. The molecule has 0 saturated carbocycles. The van der Waals surface area contributed by atoms with Crippen molar-refractivity contribution in [2.75, 3.05) is 26.7 Å². The number of carbonyl (C=O) groups excluding carboxylic acids is 1. The number of allylic oxidation sites excluding steroid dienone is 3. The van der Waals surface area contributed by atoms with Gasteiger partial charge in [-0.15, -0.1) is 0 Å². The van der Waals surface area contributed by atoms with Gasteiger partial charge in [-0.2, -0.15) is 5.10 Å². The van der Waals surface area contributed by atoms with Crippen LogP contribution in [0, 0.1) is 6.92 Å². The van der Waals surface area contributed by atoms with E-state index < -0.39 is 0 Å². The Morgan fingerprint density at radius 2 is 1.94 bits per heavy atom. The highest BCUT2D eigenvalue weighted by Gasteiger charge is 2.34. The summed E-state index contributed by atoms with van der Waals surface area (Å²) in [5.74, 6) is 0.00655. The average Bonchev–Trinajstić information content (AvgIpc) is 3.39. The van der Waals surface area contributed by atoms with Crippen molar-refractivity contribution in [2.45, 2.75) is 32.7 Å². The maximum atomic E-state index is 12.1. The molecule has 4 heterocycles. The van der Waals surface area contributed by atoms with Crippen LogP contribution in [0.25, 0.3) is 16.8 Å². The number of rotatable bonds is 4. The van der Waals surface area contributed by atoms with Gasteiger partial charge in [0, 0.05) is 58.2 Å². The molecule has 6 nitrogen and oxygen atoms in total. The molecule has 1 N–H and O–H groups in total. The zero-order chi connectivity index (χ0) is 24.0. The summed E-state index contributed by atoms with van der Waals surface area (Å²) in [7, 11) is 2.08. The number of likely N-dealkylation sites (tertiary alicyclic amines) is 1. The van der Waals surface area contributed by atoms with E-state index in [1.54, 1.807) is 0 Å². The van der Waals surface area contributed by atoms with E-state index in [4.69, 9.17) is 16.7 Å². The van der Waals surface area contributed by atoms with E-state index in [0.29, 0.717) is 0 Å². The number of hydrazine groups is 1. The molecule has 1 amide bonds. The van der Waals surface area contributed by atoms with Gasteiger partial charge in [0.25, 0.3) is 0 Å².